The first-order valence-electron chi connectivity index (χ1n) is 11.0. The largest absolute Gasteiger partial charge is 0.497 e. The van der Waals surface area contributed by atoms with Crippen molar-refractivity contribution >= 4 is 28.7 Å². The maximum Gasteiger partial charge on any atom is 0.393 e. The van der Waals surface area contributed by atoms with Gasteiger partial charge in [0, 0.05) is 61.3 Å². The summed E-state index contributed by atoms with van der Waals surface area (Å²) in [5.74, 6) is -1.07. The van der Waals surface area contributed by atoms with Crippen LogP contribution in [0, 0.1) is 5.92 Å². The number of benzene rings is 2. The quantitative estimate of drug-likeness (QED) is 0.301. The van der Waals surface area contributed by atoms with Crippen molar-refractivity contribution < 1.29 is 27.4 Å². The van der Waals surface area contributed by atoms with E-state index in [1.54, 1.807) is 66.7 Å². The number of carbonyl (C=O) groups excluding carboxylic acids is 1. The van der Waals surface area contributed by atoms with E-state index in [9.17, 15) is 18.0 Å². The predicted octanol–water partition coefficient (Wildman–Crippen LogP) is 4.95. The third kappa shape index (κ3) is 5.40. The summed E-state index contributed by atoms with van der Waals surface area (Å²) in [5.41, 5.74) is 3.26. The Morgan fingerprint density at radius 2 is 1.75 bits per heavy atom. The second-order valence-corrected chi connectivity index (χ2v) is 8.15. The standard InChI is InChI=1S/C25H24F3N5O3/c1-32-14-16(12-30-32)24-13-29-22-5-4-18(10-23(22)31-24)33(15-17(6-7-34)25(26,27)28)19-8-20(35-2)11-21(9-19)36-3/h4-5,7-14,17H,6,15H2,1-3H3. The molecule has 36 heavy (non-hydrogen) atoms. The highest BCUT2D eigenvalue weighted by Crippen LogP contribution is 2.38. The summed E-state index contributed by atoms with van der Waals surface area (Å²) in [6.07, 6.45) is 0.109. The number of aryl methyl sites for hydroxylation is 1. The van der Waals surface area contributed by atoms with Crippen LogP contribution in [0.1, 0.15) is 6.42 Å². The molecule has 1 unspecified atom stereocenters. The second-order valence-electron chi connectivity index (χ2n) is 8.15. The number of aldehydes is 1. The Kier molecular flexibility index (Phi) is 7.09. The van der Waals surface area contributed by atoms with Gasteiger partial charge in [0.05, 0.1) is 49.3 Å². The summed E-state index contributed by atoms with van der Waals surface area (Å²) >= 11 is 0. The summed E-state index contributed by atoms with van der Waals surface area (Å²) < 4.78 is 53.7. The smallest absolute Gasteiger partial charge is 0.393 e. The van der Waals surface area contributed by atoms with Crippen LogP contribution < -0.4 is 14.4 Å². The van der Waals surface area contributed by atoms with Crippen molar-refractivity contribution in [2.24, 2.45) is 13.0 Å². The molecule has 4 rings (SSSR count). The molecule has 188 valence electrons. The average Bonchev–Trinajstić information content (AvgIpc) is 3.31. The number of fused-ring (bicyclic) bond motifs is 1. The number of hydrogen-bond acceptors (Lipinski definition) is 7. The van der Waals surface area contributed by atoms with E-state index < -0.39 is 25.1 Å². The fraction of sp³-hybridized carbons (Fsp3) is 0.280. The van der Waals surface area contributed by atoms with Gasteiger partial charge >= 0.3 is 6.18 Å². The lowest BCUT2D eigenvalue weighted by atomic mass is 10.0. The average molecular weight is 499 g/mol. The lowest BCUT2D eigenvalue weighted by Gasteiger charge is -2.30. The van der Waals surface area contributed by atoms with Gasteiger partial charge in [-0.05, 0) is 18.2 Å². The van der Waals surface area contributed by atoms with Gasteiger partial charge < -0.3 is 19.2 Å². The first-order valence-corrected chi connectivity index (χ1v) is 11.0. The van der Waals surface area contributed by atoms with Crippen molar-refractivity contribution in [2.75, 3.05) is 25.7 Å². The number of methoxy groups -OCH3 is 2. The third-order valence-corrected chi connectivity index (χ3v) is 5.73. The van der Waals surface area contributed by atoms with Gasteiger partial charge in [-0.2, -0.15) is 18.3 Å². The van der Waals surface area contributed by atoms with Gasteiger partial charge in [0.25, 0.3) is 0 Å². The van der Waals surface area contributed by atoms with Crippen LogP contribution in [0.25, 0.3) is 22.3 Å². The number of rotatable bonds is 9. The van der Waals surface area contributed by atoms with Gasteiger partial charge in [0.1, 0.15) is 17.8 Å². The molecule has 0 fully saturated rings. The van der Waals surface area contributed by atoms with Crippen molar-refractivity contribution in [3.63, 3.8) is 0 Å². The Hall–Kier alpha value is -4.15. The number of ether oxygens (including phenoxy) is 2. The molecule has 0 saturated heterocycles. The van der Waals surface area contributed by atoms with E-state index in [2.05, 4.69) is 15.1 Å². The van der Waals surface area contributed by atoms with Gasteiger partial charge in [0.2, 0.25) is 0 Å². The number of anilines is 2. The van der Waals surface area contributed by atoms with Crippen molar-refractivity contribution in [1.82, 2.24) is 19.7 Å². The van der Waals surface area contributed by atoms with E-state index in [4.69, 9.17) is 9.47 Å². The van der Waals surface area contributed by atoms with Crippen LogP contribution >= 0.6 is 0 Å². The molecule has 0 saturated carbocycles. The van der Waals surface area contributed by atoms with Gasteiger partial charge in [-0.25, -0.2) is 4.98 Å². The molecule has 0 aliphatic carbocycles. The van der Waals surface area contributed by atoms with Gasteiger partial charge in [0.15, 0.2) is 0 Å². The molecule has 0 amide bonds. The van der Waals surface area contributed by atoms with Gasteiger partial charge in [-0.1, -0.05) is 0 Å². The maximum absolute atomic E-state index is 13.8. The lowest BCUT2D eigenvalue weighted by Crippen LogP contribution is -2.35. The predicted molar refractivity (Wildman–Crippen MR) is 129 cm³/mol. The van der Waals surface area contributed by atoms with E-state index in [-0.39, 0.29) is 6.29 Å². The van der Waals surface area contributed by atoms with E-state index >= 15 is 0 Å². The molecule has 0 N–H and O–H groups in total. The molecular formula is C25H24F3N5O3. The molecule has 0 spiro atoms. The Balaban J connectivity index is 1.84. The van der Waals surface area contributed by atoms with E-state index in [1.807, 2.05) is 0 Å². The maximum atomic E-state index is 13.8. The van der Waals surface area contributed by atoms with Crippen LogP contribution in [0.4, 0.5) is 24.5 Å². The van der Waals surface area contributed by atoms with Crippen molar-refractivity contribution in [2.45, 2.75) is 12.6 Å². The van der Waals surface area contributed by atoms with Crippen molar-refractivity contribution in [3.05, 3.63) is 55.0 Å². The van der Waals surface area contributed by atoms with E-state index in [0.29, 0.717) is 39.6 Å². The van der Waals surface area contributed by atoms with Crippen LogP contribution in [-0.4, -0.2) is 53.0 Å². The fourth-order valence-electron chi connectivity index (χ4n) is 3.82. The molecule has 11 heteroatoms. The molecule has 1 atom stereocenters. The zero-order valence-corrected chi connectivity index (χ0v) is 19.9. The number of alkyl halides is 3. The summed E-state index contributed by atoms with van der Waals surface area (Å²) in [6, 6.07) is 9.87. The minimum absolute atomic E-state index is 0.286. The van der Waals surface area contributed by atoms with E-state index in [0.717, 1.165) is 5.56 Å². The normalized spacial score (nSPS) is 12.4. The first kappa shape index (κ1) is 25.0. The molecule has 4 aromatic rings. The Morgan fingerprint density at radius 1 is 1.03 bits per heavy atom. The Morgan fingerprint density at radius 3 is 2.33 bits per heavy atom. The monoisotopic (exact) mass is 499 g/mol. The summed E-state index contributed by atoms with van der Waals surface area (Å²) in [7, 11) is 4.70. The van der Waals surface area contributed by atoms with Crippen LogP contribution in [0.5, 0.6) is 11.5 Å². The highest BCUT2D eigenvalue weighted by molar-refractivity contribution is 5.82. The minimum Gasteiger partial charge on any atom is -0.497 e. The number of carbonyl (C=O) groups is 1. The van der Waals surface area contributed by atoms with Crippen LogP contribution in [0.3, 0.4) is 0 Å². The zero-order chi connectivity index (χ0) is 25.9. The van der Waals surface area contributed by atoms with Crippen molar-refractivity contribution in [3.8, 4) is 22.8 Å². The van der Waals surface area contributed by atoms with Crippen LogP contribution in [-0.2, 0) is 11.8 Å². The number of aromatic nitrogens is 4. The fourth-order valence-corrected chi connectivity index (χ4v) is 3.82. The number of nitrogens with zero attached hydrogens (tertiary/aromatic N) is 5. The highest BCUT2D eigenvalue weighted by Gasteiger charge is 2.40. The molecule has 0 aliphatic heterocycles. The molecule has 2 aromatic carbocycles. The van der Waals surface area contributed by atoms with Crippen LogP contribution in [0.2, 0.25) is 0 Å². The van der Waals surface area contributed by atoms with Gasteiger partial charge in [-0.15, -0.1) is 0 Å². The SMILES string of the molecule is COc1cc(OC)cc(N(CC(CC=O)C(F)(F)F)c2ccc3ncc(-c4cnn(C)c4)nc3c2)c1. The highest BCUT2D eigenvalue weighted by atomic mass is 19.4. The molecule has 0 bridgehead atoms. The Bertz CT molecular complexity index is 1350. The van der Waals surface area contributed by atoms with Crippen LogP contribution in [0.15, 0.2) is 55.0 Å². The third-order valence-electron chi connectivity index (χ3n) is 5.73. The molecule has 8 nitrogen and oxygen atoms in total. The number of halogens is 3. The van der Waals surface area contributed by atoms with E-state index in [1.165, 1.54) is 19.1 Å². The summed E-state index contributed by atoms with van der Waals surface area (Å²) in [4.78, 5) is 21.7. The first-order chi connectivity index (χ1) is 17.2. The second kappa shape index (κ2) is 10.2. The molecular weight excluding hydrogens is 475 g/mol. The molecule has 2 heterocycles. The Labute approximate surface area is 205 Å². The summed E-state index contributed by atoms with van der Waals surface area (Å²) in [6.45, 7) is -0.500. The van der Waals surface area contributed by atoms with Gasteiger partial charge in [-0.3, -0.25) is 9.67 Å². The number of hydrogen-bond donors (Lipinski definition) is 0. The zero-order valence-electron chi connectivity index (χ0n) is 19.9. The lowest BCUT2D eigenvalue weighted by molar-refractivity contribution is -0.173. The van der Waals surface area contributed by atoms with Crippen molar-refractivity contribution in [1.29, 1.82) is 0 Å². The molecule has 0 radical (unpaired) electrons. The minimum atomic E-state index is -4.58. The molecule has 0 aliphatic rings. The molecule has 2 aromatic heterocycles. The summed E-state index contributed by atoms with van der Waals surface area (Å²) in [5, 5.41) is 4.15. The topological polar surface area (TPSA) is 82.4 Å².